The van der Waals surface area contributed by atoms with Crippen LogP contribution in [-0.4, -0.2) is 45.9 Å². The van der Waals surface area contributed by atoms with Gasteiger partial charge in [-0.3, -0.25) is 0 Å². The fourth-order valence-electron chi connectivity index (χ4n) is 3.51. The van der Waals surface area contributed by atoms with Crippen molar-refractivity contribution in [3.8, 4) is 17.2 Å². The van der Waals surface area contributed by atoms with Crippen molar-refractivity contribution in [1.29, 1.82) is 0 Å². The Bertz CT molecular complexity index is 1580. The zero-order valence-electron chi connectivity index (χ0n) is 17.1. The number of sulfone groups is 2. The van der Waals surface area contributed by atoms with Gasteiger partial charge in [0.25, 0.3) is 0 Å². The van der Waals surface area contributed by atoms with Crippen molar-refractivity contribution in [1.82, 2.24) is 8.75 Å². The summed E-state index contributed by atoms with van der Waals surface area (Å²) in [6, 6.07) is 13.0. The predicted octanol–water partition coefficient (Wildman–Crippen LogP) is 3.14. The summed E-state index contributed by atoms with van der Waals surface area (Å²) < 4.78 is 78.0. The molecular formula is C21H16N2O7S3. The molecule has 0 N–H and O–H groups in total. The van der Waals surface area contributed by atoms with Gasteiger partial charge in [0.2, 0.25) is 19.7 Å². The highest BCUT2D eigenvalue weighted by molar-refractivity contribution is 7.92. The Labute approximate surface area is 193 Å². The first-order valence-electron chi connectivity index (χ1n) is 9.62. The molecule has 1 aromatic heterocycles. The van der Waals surface area contributed by atoms with Crippen LogP contribution in [0.15, 0.2) is 74.2 Å². The van der Waals surface area contributed by atoms with Gasteiger partial charge in [-0.2, -0.15) is 8.75 Å². The number of hydrogen-bond donors (Lipinski definition) is 0. The van der Waals surface area contributed by atoms with Gasteiger partial charge < -0.3 is 14.2 Å². The zero-order chi connectivity index (χ0) is 23.2. The molecule has 9 nitrogen and oxygen atoms in total. The Morgan fingerprint density at radius 1 is 0.788 bits per heavy atom. The van der Waals surface area contributed by atoms with E-state index in [1.807, 2.05) is 0 Å². The second-order valence-corrected chi connectivity index (χ2v) is 11.3. The van der Waals surface area contributed by atoms with Crippen molar-refractivity contribution < 1.29 is 31.0 Å². The number of para-hydroxylation sites is 1. The van der Waals surface area contributed by atoms with Gasteiger partial charge in [0, 0.05) is 0 Å². The smallest absolute Gasteiger partial charge is 0.212 e. The second kappa shape index (κ2) is 7.97. The quantitative estimate of drug-likeness (QED) is 0.403. The van der Waals surface area contributed by atoms with Gasteiger partial charge >= 0.3 is 0 Å². The van der Waals surface area contributed by atoms with E-state index in [1.165, 1.54) is 49.6 Å². The maximum absolute atomic E-state index is 13.6. The summed E-state index contributed by atoms with van der Waals surface area (Å²) in [5.74, 6) is 0.956. The van der Waals surface area contributed by atoms with Crippen LogP contribution in [0.25, 0.3) is 11.0 Å². The number of hydrogen-bond acceptors (Lipinski definition) is 10. The Hall–Kier alpha value is -3.22. The van der Waals surface area contributed by atoms with Gasteiger partial charge in [-0.05, 0) is 48.5 Å². The highest BCUT2D eigenvalue weighted by Gasteiger charge is 2.32. The molecule has 3 aromatic carbocycles. The van der Waals surface area contributed by atoms with E-state index >= 15 is 0 Å². The molecule has 12 heteroatoms. The largest absolute Gasteiger partial charge is 0.497 e. The topological polar surface area (TPSA) is 122 Å². The third-order valence-electron chi connectivity index (χ3n) is 5.11. The van der Waals surface area contributed by atoms with Gasteiger partial charge in [-0.15, -0.1) is 0 Å². The molecule has 0 saturated carbocycles. The van der Waals surface area contributed by atoms with Crippen LogP contribution >= 0.6 is 11.7 Å². The molecule has 0 bridgehead atoms. The molecule has 5 rings (SSSR count). The van der Waals surface area contributed by atoms with E-state index < -0.39 is 19.7 Å². The normalized spacial score (nSPS) is 13.7. The lowest BCUT2D eigenvalue weighted by atomic mass is 10.3. The van der Waals surface area contributed by atoms with Crippen molar-refractivity contribution in [3.05, 3.63) is 54.6 Å². The van der Waals surface area contributed by atoms with Crippen LogP contribution in [0, 0.1) is 0 Å². The molecule has 0 amide bonds. The number of benzene rings is 3. The van der Waals surface area contributed by atoms with Crippen LogP contribution in [0.3, 0.4) is 0 Å². The van der Waals surface area contributed by atoms with Gasteiger partial charge in [-0.1, -0.05) is 6.07 Å². The molecule has 0 atom stereocenters. The lowest BCUT2D eigenvalue weighted by molar-refractivity contribution is 0.167. The molecule has 0 radical (unpaired) electrons. The Kier molecular flexibility index (Phi) is 5.22. The molecule has 33 heavy (non-hydrogen) atoms. The summed E-state index contributed by atoms with van der Waals surface area (Å²) in [6.07, 6.45) is 0. The number of ether oxygens (including phenoxy) is 3. The first-order chi connectivity index (χ1) is 15.8. The van der Waals surface area contributed by atoms with E-state index in [9.17, 15) is 16.8 Å². The molecule has 0 unspecified atom stereocenters. The van der Waals surface area contributed by atoms with Crippen LogP contribution in [0.1, 0.15) is 0 Å². The van der Waals surface area contributed by atoms with E-state index in [0.717, 1.165) is 11.7 Å². The summed E-state index contributed by atoms with van der Waals surface area (Å²) in [7, 11) is -6.64. The number of methoxy groups -OCH3 is 1. The number of aromatic nitrogens is 2. The molecule has 4 aromatic rings. The van der Waals surface area contributed by atoms with E-state index in [2.05, 4.69) is 8.75 Å². The average Bonchev–Trinajstić information content (AvgIpc) is 3.32. The molecule has 170 valence electrons. The first-order valence-corrected chi connectivity index (χ1v) is 13.3. The number of rotatable bonds is 5. The Morgan fingerprint density at radius 3 is 2.09 bits per heavy atom. The fourth-order valence-corrected chi connectivity index (χ4v) is 7.14. The van der Waals surface area contributed by atoms with Gasteiger partial charge in [0.05, 0.1) is 23.7 Å². The lowest BCUT2D eigenvalue weighted by Crippen LogP contribution is -2.18. The van der Waals surface area contributed by atoms with Crippen molar-refractivity contribution in [2.45, 2.75) is 19.6 Å². The highest BCUT2D eigenvalue weighted by atomic mass is 32.2. The van der Waals surface area contributed by atoms with Crippen molar-refractivity contribution in [3.63, 3.8) is 0 Å². The minimum Gasteiger partial charge on any atom is -0.497 e. The summed E-state index contributed by atoms with van der Waals surface area (Å²) in [5.41, 5.74) is -0.0391. The van der Waals surface area contributed by atoms with Crippen LogP contribution < -0.4 is 14.2 Å². The van der Waals surface area contributed by atoms with Crippen LogP contribution in [-0.2, 0) is 19.7 Å². The van der Waals surface area contributed by atoms with E-state index in [0.29, 0.717) is 18.1 Å². The predicted molar refractivity (Wildman–Crippen MR) is 119 cm³/mol. The highest BCUT2D eigenvalue weighted by Crippen LogP contribution is 2.41. The van der Waals surface area contributed by atoms with Gasteiger partial charge in [0.15, 0.2) is 11.5 Å². The summed E-state index contributed by atoms with van der Waals surface area (Å²) in [5, 5.41) is 0. The van der Waals surface area contributed by atoms with Crippen LogP contribution in [0.5, 0.6) is 17.2 Å². The third kappa shape index (κ3) is 3.50. The van der Waals surface area contributed by atoms with Crippen molar-refractivity contribution in [2.24, 2.45) is 0 Å². The first kappa shape index (κ1) is 21.6. The maximum atomic E-state index is 13.6. The molecule has 1 aliphatic rings. The average molecular weight is 505 g/mol. The molecule has 0 aliphatic carbocycles. The molecule has 1 aliphatic heterocycles. The van der Waals surface area contributed by atoms with Gasteiger partial charge in [-0.25, -0.2) is 16.8 Å². The lowest BCUT2D eigenvalue weighted by Gasteiger charge is -2.20. The van der Waals surface area contributed by atoms with E-state index in [1.54, 1.807) is 12.1 Å². The number of fused-ring (bicyclic) bond motifs is 2. The van der Waals surface area contributed by atoms with Crippen LogP contribution in [0.2, 0.25) is 0 Å². The SMILES string of the molecule is COc1ccc(S(=O)(=O)c2ccc(S(=O)(=O)c3cccc4c3OCCO4)c3nsnc23)cc1. The molecule has 0 saturated heterocycles. The van der Waals surface area contributed by atoms with Crippen molar-refractivity contribution >= 4 is 42.4 Å². The molecular weight excluding hydrogens is 488 g/mol. The monoisotopic (exact) mass is 504 g/mol. The Morgan fingerprint density at radius 2 is 1.42 bits per heavy atom. The van der Waals surface area contributed by atoms with Crippen molar-refractivity contribution in [2.75, 3.05) is 20.3 Å². The standard InChI is InChI=1S/C21H16N2O7S3/c1-28-13-5-7-14(8-6-13)32(24,25)16-9-10-17(20-19(16)22-31-23-20)33(26,27)18-4-2-3-15-21(18)30-12-11-29-15/h2-10H,11-12H2,1H3. The number of nitrogens with zero attached hydrogens (tertiary/aromatic N) is 2. The van der Waals surface area contributed by atoms with E-state index in [-0.39, 0.29) is 43.0 Å². The third-order valence-corrected chi connectivity index (χ3v) is 9.25. The van der Waals surface area contributed by atoms with Crippen LogP contribution in [0.4, 0.5) is 0 Å². The van der Waals surface area contributed by atoms with E-state index in [4.69, 9.17) is 14.2 Å². The van der Waals surface area contributed by atoms with Gasteiger partial charge in [0.1, 0.15) is 44.7 Å². The maximum Gasteiger partial charge on any atom is 0.212 e. The summed E-state index contributed by atoms with van der Waals surface area (Å²) in [4.78, 5) is -0.358. The Balaban J connectivity index is 1.66. The minimum absolute atomic E-state index is 0.0149. The molecule has 2 heterocycles. The minimum atomic E-state index is -4.13. The second-order valence-electron chi connectivity index (χ2n) is 6.99. The molecule has 0 fully saturated rings. The summed E-state index contributed by atoms with van der Waals surface area (Å²) >= 11 is 0.734. The molecule has 0 spiro atoms. The summed E-state index contributed by atoms with van der Waals surface area (Å²) in [6.45, 7) is 0.529. The fraction of sp³-hybridized carbons (Fsp3) is 0.143. The zero-order valence-corrected chi connectivity index (χ0v) is 19.5.